The van der Waals surface area contributed by atoms with Crippen LogP contribution in [0.25, 0.3) is 10.9 Å². The summed E-state index contributed by atoms with van der Waals surface area (Å²) in [5, 5.41) is 5.09. The quantitative estimate of drug-likeness (QED) is 0.407. The number of hydrogen-bond donors (Lipinski definition) is 3. The van der Waals surface area contributed by atoms with E-state index in [-0.39, 0.29) is 12.8 Å². The molecule has 3 N–H and O–H groups in total. The Hall–Kier alpha value is -3.82. The third kappa shape index (κ3) is 7.34. The van der Waals surface area contributed by atoms with Crippen LogP contribution < -0.4 is 10.6 Å². The van der Waals surface area contributed by atoms with Crippen LogP contribution in [0.4, 0.5) is 13.2 Å². The van der Waals surface area contributed by atoms with Crippen LogP contribution in [0.5, 0.6) is 0 Å². The fraction of sp³-hybridized carbons (Fsp3) is 0.346. The van der Waals surface area contributed by atoms with E-state index in [9.17, 15) is 27.6 Å². The number of amides is 2. The molecule has 3 aromatic rings. The Kier molecular flexibility index (Phi) is 8.07. The van der Waals surface area contributed by atoms with Crippen molar-refractivity contribution >= 4 is 28.7 Å². The highest BCUT2D eigenvalue weighted by Crippen LogP contribution is 2.21. The van der Waals surface area contributed by atoms with Crippen LogP contribution >= 0.6 is 0 Å². The first-order valence-corrected chi connectivity index (χ1v) is 11.3. The summed E-state index contributed by atoms with van der Waals surface area (Å²) in [5.74, 6) is -3.93. The number of fused-ring (bicyclic) bond motifs is 1. The molecule has 1 unspecified atom stereocenters. The van der Waals surface area contributed by atoms with Crippen molar-refractivity contribution in [2.75, 3.05) is 0 Å². The lowest BCUT2D eigenvalue weighted by molar-refractivity contribution is -0.174. The number of hydrogen-bond acceptors (Lipinski definition) is 4. The van der Waals surface area contributed by atoms with E-state index in [4.69, 9.17) is 4.74 Å². The van der Waals surface area contributed by atoms with Crippen LogP contribution in [0.15, 0.2) is 60.8 Å². The van der Waals surface area contributed by atoms with Crippen molar-refractivity contribution in [1.82, 2.24) is 15.6 Å². The SMILES string of the molecule is CC(C)(C)OC(=O)C(Cc1c[nH]c2ccccc12)NC(=O)[C@H](Cc1ccccc1)NC(=O)C(F)(F)F. The van der Waals surface area contributed by atoms with Crippen LogP contribution in [0.1, 0.15) is 31.9 Å². The van der Waals surface area contributed by atoms with Gasteiger partial charge < -0.3 is 20.4 Å². The van der Waals surface area contributed by atoms with E-state index in [0.29, 0.717) is 11.1 Å². The van der Waals surface area contributed by atoms with Crippen molar-refractivity contribution in [2.45, 2.75) is 57.5 Å². The zero-order valence-corrected chi connectivity index (χ0v) is 20.1. The van der Waals surface area contributed by atoms with Gasteiger partial charge in [0.15, 0.2) is 0 Å². The van der Waals surface area contributed by atoms with Gasteiger partial charge in [0.05, 0.1) is 0 Å². The van der Waals surface area contributed by atoms with E-state index in [0.717, 1.165) is 10.9 Å². The summed E-state index contributed by atoms with van der Waals surface area (Å²) in [5.41, 5.74) is 1.20. The van der Waals surface area contributed by atoms with Gasteiger partial charge >= 0.3 is 18.1 Å². The highest BCUT2D eigenvalue weighted by Gasteiger charge is 2.41. The Bertz CT molecular complexity index is 1220. The average Bonchev–Trinajstić information content (AvgIpc) is 3.20. The molecule has 0 bridgehead atoms. The number of halogens is 3. The summed E-state index contributed by atoms with van der Waals surface area (Å²) in [6.07, 6.45) is -3.66. The van der Waals surface area contributed by atoms with E-state index < -0.39 is 41.6 Å². The molecule has 0 aliphatic rings. The van der Waals surface area contributed by atoms with Gasteiger partial charge in [-0.05, 0) is 38.0 Å². The van der Waals surface area contributed by atoms with Crippen molar-refractivity contribution in [1.29, 1.82) is 0 Å². The van der Waals surface area contributed by atoms with Gasteiger partial charge in [-0.25, -0.2) is 4.79 Å². The average molecular weight is 504 g/mol. The van der Waals surface area contributed by atoms with Gasteiger partial charge in [0.25, 0.3) is 0 Å². The molecule has 0 saturated heterocycles. The molecule has 0 spiro atoms. The minimum atomic E-state index is -5.18. The van der Waals surface area contributed by atoms with Gasteiger partial charge in [0.1, 0.15) is 17.7 Å². The molecule has 192 valence electrons. The van der Waals surface area contributed by atoms with Gasteiger partial charge in [-0.2, -0.15) is 13.2 Å². The molecule has 0 saturated carbocycles. The molecule has 1 aromatic heterocycles. The highest BCUT2D eigenvalue weighted by atomic mass is 19.4. The summed E-state index contributed by atoms with van der Waals surface area (Å²) >= 11 is 0. The number of nitrogens with one attached hydrogen (secondary N) is 3. The Morgan fingerprint density at radius 2 is 1.53 bits per heavy atom. The van der Waals surface area contributed by atoms with Gasteiger partial charge in [-0.1, -0.05) is 48.5 Å². The third-order valence-corrected chi connectivity index (χ3v) is 5.27. The first-order chi connectivity index (χ1) is 16.8. The third-order valence-electron chi connectivity index (χ3n) is 5.27. The Labute approximate surface area is 206 Å². The predicted molar refractivity (Wildman–Crippen MR) is 128 cm³/mol. The molecule has 7 nitrogen and oxygen atoms in total. The first-order valence-electron chi connectivity index (χ1n) is 11.3. The van der Waals surface area contributed by atoms with Gasteiger partial charge in [0, 0.05) is 29.9 Å². The number of carbonyl (C=O) groups is 3. The van der Waals surface area contributed by atoms with Crippen molar-refractivity contribution in [3.05, 3.63) is 71.9 Å². The Morgan fingerprint density at radius 1 is 0.889 bits per heavy atom. The predicted octanol–water partition coefficient (Wildman–Crippen LogP) is 3.83. The second-order valence-corrected chi connectivity index (χ2v) is 9.37. The summed E-state index contributed by atoms with van der Waals surface area (Å²) in [4.78, 5) is 40.9. The number of benzene rings is 2. The van der Waals surface area contributed by atoms with E-state index in [2.05, 4.69) is 10.3 Å². The van der Waals surface area contributed by atoms with Crippen LogP contribution in [0, 0.1) is 0 Å². The Morgan fingerprint density at radius 3 is 2.17 bits per heavy atom. The molecule has 2 aromatic carbocycles. The van der Waals surface area contributed by atoms with E-state index >= 15 is 0 Å². The van der Waals surface area contributed by atoms with Crippen LogP contribution in [0.2, 0.25) is 0 Å². The molecule has 3 rings (SSSR count). The monoisotopic (exact) mass is 503 g/mol. The van der Waals surface area contributed by atoms with E-state index in [1.54, 1.807) is 62.6 Å². The van der Waals surface area contributed by atoms with Crippen molar-refractivity contribution < 1.29 is 32.3 Å². The molecule has 36 heavy (non-hydrogen) atoms. The highest BCUT2D eigenvalue weighted by molar-refractivity contribution is 5.93. The molecule has 1 heterocycles. The lowest BCUT2D eigenvalue weighted by atomic mass is 10.0. The maximum atomic E-state index is 13.2. The molecule has 0 aliphatic heterocycles. The van der Waals surface area contributed by atoms with Crippen molar-refractivity contribution in [2.24, 2.45) is 0 Å². The molecular formula is C26H28F3N3O4. The standard InChI is InChI=1S/C26H28F3N3O4/c1-25(2,3)36-23(34)21(14-17-15-30-19-12-8-7-11-18(17)19)31-22(33)20(32-24(35)26(27,28)29)13-16-9-5-4-6-10-16/h4-12,15,20-21,30H,13-14H2,1-3H3,(H,31,33)(H,32,35)/t20-,21?/m0/s1. The number of rotatable bonds is 8. The van der Waals surface area contributed by atoms with Crippen molar-refractivity contribution in [3.8, 4) is 0 Å². The smallest absolute Gasteiger partial charge is 0.458 e. The number of aromatic nitrogens is 1. The zero-order valence-electron chi connectivity index (χ0n) is 20.1. The Balaban J connectivity index is 1.88. The summed E-state index contributed by atoms with van der Waals surface area (Å²) in [6.45, 7) is 4.99. The lowest BCUT2D eigenvalue weighted by Gasteiger charge is -2.26. The fourth-order valence-electron chi connectivity index (χ4n) is 3.66. The molecule has 0 fully saturated rings. The van der Waals surface area contributed by atoms with Crippen LogP contribution in [-0.2, 0) is 32.0 Å². The zero-order chi connectivity index (χ0) is 26.5. The summed E-state index contributed by atoms with van der Waals surface area (Å²) < 4.78 is 44.4. The number of para-hydroxylation sites is 1. The first kappa shape index (κ1) is 26.8. The number of alkyl halides is 3. The molecule has 2 amide bonds. The van der Waals surface area contributed by atoms with Gasteiger partial charge in [-0.3, -0.25) is 9.59 Å². The normalized spacial score (nSPS) is 13.6. The number of esters is 1. The molecule has 2 atom stereocenters. The lowest BCUT2D eigenvalue weighted by Crippen LogP contribution is -2.55. The van der Waals surface area contributed by atoms with E-state index in [1.165, 1.54) is 0 Å². The number of aromatic amines is 1. The fourth-order valence-corrected chi connectivity index (χ4v) is 3.66. The van der Waals surface area contributed by atoms with E-state index in [1.807, 2.05) is 24.3 Å². The second-order valence-electron chi connectivity index (χ2n) is 9.37. The van der Waals surface area contributed by atoms with Crippen LogP contribution in [-0.4, -0.2) is 46.6 Å². The minimum absolute atomic E-state index is 0.0238. The molecule has 0 radical (unpaired) electrons. The van der Waals surface area contributed by atoms with Gasteiger partial charge in [-0.15, -0.1) is 0 Å². The molecule has 0 aliphatic carbocycles. The number of H-pyrrole nitrogens is 1. The molecule has 10 heteroatoms. The minimum Gasteiger partial charge on any atom is -0.458 e. The van der Waals surface area contributed by atoms with Crippen LogP contribution in [0.3, 0.4) is 0 Å². The maximum absolute atomic E-state index is 13.2. The van der Waals surface area contributed by atoms with Crippen molar-refractivity contribution in [3.63, 3.8) is 0 Å². The maximum Gasteiger partial charge on any atom is 0.471 e. The summed E-state index contributed by atoms with van der Waals surface area (Å²) in [7, 11) is 0. The second kappa shape index (κ2) is 10.8. The number of ether oxygens (including phenoxy) is 1. The van der Waals surface area contributed by atoms with Gasteiger partial charge in [0.2, 0.25) is 5.91 Å². The topological polar surface area (TPSA) is 100 Å². The number of carbonyl (C=O) groups excluding carboxylic acids is 3. The largest absolute Gasteiger partial charge is 0.471 e. The summed E-state index contributed by atoms with van der Waals surface area (Å²) in [6, 6.07) is 12.9. The molecular weight excluding hydrogens is 475 g/mol.